The molecule has 0 bridgehead atoms. The summed E-state index contributed by atoms with van der Waals surface area (Å²) < 4.78 is 0.194. The van der Waals surface area contributed by atoms with Crippen LogP contribution in [0, 0.1) is 0 Å². The summed E-state index contributed by atoms with van der Waals surface area (Å²) in [7, 11) is 0. The van der Waals surface area contributed by atoms with Crippen LogP contribution in [0.2, 0.25) is 0 Å². The molecule has 0 aromatic carbocycles. The van der Waals surface area contributed by atoms with E-state index in [1.807, 2.05) is 0 Å². The molecule has 62 valence electrons. The van der Waals surface area contributed by atoms with E-state index in [-0.39, 0.29) is 30.5 Å². The molecule has 1 heterocycles. The van der Waals surface area contributed by atoms with Gasteiger partial charge in [0.2, 0.25) is 0 Å². The first-order chi connectivity index (χ1) is 4.23. The van der Waals surface area contributed by atoms with E-state index in [9.17, 15) is 0 Å². The molecule has 1 saturated heterocycles. The van der Waals surface area contributed by atoms with E-state index in [2.05, 4.69) is 30.2 Å². The quantitative estimate of drug-likeness (QED) is 0.299. The molecule has 10 heavy (non-hydrogen) atoms. The van der Waals surface area contributed by atoms with Crippen LogP contribution in [-0.2, 0) is 0 Å². The number of thiol groups is 1. The van der Waals surface area contributed by atoms with Crippen molar-refractivity contribution in [3.8, 4) is 0 Å². The third-order valence-corrected chi connectivity index (χ3v) is 0.957. The van der Waals surface area contributed by atoms with Gasteiger partial charge >= 0.3 is 26.2 Å². The Morgan fingerprint density at radius 3 is 1.80 bits per heavy atom. The predicted octanol–water partition coefficient (Wildman–Crippen LogP) is -0.654. The molecule has 3 N–H and O–H groups in total. The van der Waals surface area contributed by atoms with Gasteiger partial charge < -0.3 is 11.1 Å². The Morgan fingerprint density at radius 2 is 1.70 bits per heavy atom. The fourth-order valence-electron chi connectivity index (χ4n) is 0.625. The summed E-state index contributed by atoms with van der Waals surface area (Å²) >= 11 is 7.65. The molecule has 5 heteroatoms. The molecule has 0 spiro atoms. The van der Waals surface area contributed by atoms with E-state index >= 15 is 0 Å². The maximum absolute atomic E-state index is 4.71. The fraction of sp³-hybridized carbons (Fsp3) is 0.800. The second-order valence-electron chi connectivity index (χ2n) is 1.80. The zero-order valence-corrected chi connectivity index (χ0v) is 13.2. The van der Waals surface area contributed by atoms with Crippen molar-refractivity contribution in [3.63, 3.8) is 0 Å². The van der Waals surface area contributed by atoms with E-state index < -0.39 is 0 Å². The summed E-state index contributed by atoms with van der Waals surface area (Å²) in [6, 6.07) is 0. The molecular formula is C5H15BiN2S2. The Bertz CT molecular complexity index is 74.1. The molecule has 0 aromatic heterocycles. The molecule has 0 atom stereocenters. The minimum absolute atomic E-state index is 0. The van der Waals surface area contributed by atoms with Crippen LogP contribution >= 0.6 is 24.8 Å². The van der Waals surface area contributed by atoms with Crippen molar-refractivity contribution in [1.82, 2.24) is 5.32 Å². The van der Waals surface area contributed by atoms with Crippen LogP contribution in [-0.4, -0.2) is 43.6 Å². The van der Waals surface area contributed by atoms with Crippen molar-refractivity contribution in [2.75, 3.05) is 13.1 Å². The van der Waals surface area contributed by atoms with E-state index in [4.69, 9.17) is 5.73 Å². The molecule has 1 aliphatic rings. The van der Waals surface area contributed by atoms with Crippen LogP contribution in [0.1, 0.15) is 12.8 Å². The molecule has 0 unspecified atom stereocenters. The Hall–Kier alpha value is 1.08. The molecule has 1 rings (SSSR count). The van der Waals surface area contributed by atoms with Crippen molar-refractivity contribution < 1.29 is 0 Å². The number of nitrogens with two attached hydrogens (primary N) is 1. The molecule has 0 saturated carbocycles. The third-order valence-electron chi connectivity index (χ3n) is 0.957. The van der Waals surface area contributed by atoms with Gasteiger partial charge in [0.15, 0.2) is 0 Å². The van der Waals surface area contributed by atoms with Crippen molar-refractivity contribution in [1.29, 1.82) is 0 Å². The van der Waals surface area contributed by atoms with E-state index in [0.29, 0.717) is 0 Å². The fourth-order valence-corrected chi connectivity index (χ4v) is 0.625. The van der Waals surface area contributed by atoms with Crippen LogP contribution in [0.4, 0.5) is 0 Å². The summed E-state index contributed by atoms with van der Waals surface area (Å²) in [6.45, 7) is 2.50. The SMILES string of the molecule is C1CCNC1.NC(=S)S.[BiH3]. The normalized spacial score (nSPS) is 14.5. The van der Waals surface area contributed by atoms with E-state index in [1.165, 1.54) is 25.9 Å². The molecule has 1 aliphatic heterocycles. The van der Waals surface area contributed by atoms with Crippen LogP contribution in [0.25, 0.3) is 0 Å². The van der Waals surface area contributed by atoms with Gasteiger partial charge in [0.25, 0.3) is 0 Å². The molecule has 2 nitrogen and oxygen atoms in total. The minimum atomic E-state index is 0. The van der Waals surface area contributed by atoms with Gasteiger partial charge in [0, 0.05) is 0 Å². The van der Waals surface area contributed by atoms with Crippen molar-refractivity contribution in [3.05, 3.63) is 0 Å². The first-order valence-corrected chi connectivity index (χ1v) is 3.78. The molecule has 0 aromatic rings. The first kappa shape index (κ1) is 13.7. The third kappa shape index (κ3) is 16.0. The van der Waals surface area contributed by atoms with Gasteiger partial charge in [0.1, 0.15) is 4.32 Å². The zero-order chi connectivity index (χ0) is 7.11. The van der Waals surface area contributed by atoms with Gasteiger partial charge in [-0.05, 0) is 25.9 Å². The number of hydrogen-bond acceptors (Lipinski definition) is 2. The predicted molar refractivity (Wildman–Crippen MR) is 57.8 cm³/mol. The molecule has 0 amide bonds. The first-order valence-electron chi connectivity index (χ1n) is 2.92. The zero-order valence-electron chi connectivity index (χ0n) is 5.97. The van der Waals surface area contributed by atoms with Crippen molar-refractivity contribution in [2.24, 2.45) is 5.73 Å². The monoisotopic (exact) mass is 376 g/mol. The molecule has 0 radical (unpaired) electrons. The summed E-state index contributed by atoms with van der Waals surface area (Å²) in [6.07, 6.45) is 2.78. The summed E-state index contributed by atoms with van der Waals surface area (Å²) in [5.41, 5.74) is 4.71. The molecule has 0 aliphatic carbocycles. The summed E-state index contributed by atoms with van der Waals surface area (Å²) in [5.74, 6) is 0. The van der Waals surface area contributed by atoms with Crippen LogP contribution in [0.15, 0.2) is 0 Å². The van der Waals surface area contributed by atoms with Crippen LogP contribution < -0.4 is 11.1 Å². The van der Waals surface area contributed by atoms with Gasteiger partial charge in [-0.25, -0.2) is 0 Å². The van der Waals surface area contributed by atoms with Gasteiger partial charge in [-0.15, -0.1) is 12.6 Å². The maximum atomic E-state index is 4.71. The molecule has 1 fully saturated rings. The Labute approximate surface area is 91.9 Å². The van der Waals surface area contributed by atoms with Crippen molar-refractivity contribution in [2.45, 2.75) is 12.8 Å². The van der Waals surface area contributed by atoms with Crippen LogP contribution in [0.3, 0.4) is 0 Å². The average molecular weight is 376 g/mol. The second kappa shape index (κ2) is 10.1. The summed E-state index contributed by atoms with van der Waals surface area (Å²) in [5, 5.41) is 3.22. The van der Waals surface area contributed by atoms with E-state index in [0.717, 1.165) is 0 Å². The summed E-state index contributed by atoms with van der Waals surface area (Å²) in [4.78, 5) is 0. The Kier molecular flexibility index (Phi) is 13.8. The van der Waals surface area contributed by atoms with Crippen LogP contribution in [0.5, 0.6) is 0 Å². The van der Waals surface area contributed by atoms with Gasteiger partial charge in [-0.1, -0.05) is 12.2 Å². The topological polar surface area (TPSA) is 38.0 Å². The average Bonchev–Trinajstić information content (AvgIpc) is 2.11. The Balaban J connectivity index is 0. The number of thiocarbonyl (C=S) groups is 1. The number of hydrogen-bond donors (Lipinski definition) is 3. The van der Waals surface area contributed by atoms with Crippen molar-refractivity contribution >= 4 is 55.4 Å². The van der Waals surface area contributed by atoms with E-state index in [1.54, 1.807) is 0 Å². The second-order valence-corrected chi connectivity index (χ2v) is 3.02. The number of nitrogens with one attached hydrogen (secondary N) is 1. The Morgan fingerprint density at radius 1 is 1.40 bits per heavy atom. The van der Waals surface area contributed by atoms with Gasteiger partial charge in [-0.3, -0.25) is 0 Å². The number of rotatable bonds is 0. The van der Waals surface area contributed by atoms with Gasteiger partial charge in [-0.2, -0.15) is 0 Å². The molecular weight excluding hydrogens is 361 g/mol. The van der Waals surface area contributed by atoms with Gasteiger partial charge in [0.05, 0.1) is 0 Å². The standard InChI is InChI=1S/C4H9N.CH3NS2.Bi.3H/c1-2-4-5-3-1;2-1(3)4;;;;/h5H,1-4H2;(H3,2,3,4);;;;.